The van der Waals surface area contributed by atoms with Gasteiger partial charge in [0.15, 0.2) is 0 Å². The predicted molar refractivity (Wildman–Crippen MR) is 119 cm³/mol. The molecule has 156 valence electrons. The van der Waals surface area contributed by atoms with E-state index >= 15 is 0 Å². The van der Waals surface area contributed by atoms with E-state index in [0.717, 1.165) is 48.5 Å². The lowest BCUT2D eigenvalue weighted by atomic mass is 10.1. The van der Waals surface area contributed by atoms with Crippen LogP contribution in [0.5, 0.6) is 5.75 Å². The van der Waals surface area contributed by atoms with Crippen LogP contribution in [0.4, 0.5) is 0 Å². The van der Waals surface area contributed by atoms with E-state index in [1.807, 2.05) is 59.2 Å². The van der Waals surface area contributed by atoms with Gasteiger partial charge in [-0.1, -0.05) is 30.3 Å². The van der Waals surface area contributed by atoms with Crippen LogP contribution in [0.15, 0.2) is 54.6 Å². The zero-order valence-corrected chi connectivity index (χ0v) is 17.7. The van der Waals surface area contributed by atoms with Gasteiger partial charge in [0.1, 0.15) is 24.7 Å². The molecule has 1 atom stereocenters. The van der Waals surface area contributed by atoms with Gasteiger partial charge in [-0.2, -0.15) is 0 Å². The summed E-state index contributed by atoms with van der Waals surface area (Å²) in [5, 5.41) is 6.46. The normalized spacial score (nSPS) is 15.8. The van der Waals surface area contributed by atoms with Crippen molar-refractivity contribution in [1.82, 2.24) is 20.2 Å². The number of nitrogens with zero attached hydrogens (tertiary/aromatic N) is 2. The van der Waals surface area contributed by atoms with Gasteiger partial charge in [0, 0.05) is 12.6 Å². The minimum Gasteiger partial charge on any atom is -0.486 e. The van der Waals surface area contributed by atoms with Crippen molar-refractivity contribution >= 4 is 41.8 Å². The van der Waals surface area contributed by atoms with Crippen LogP contribution in [0.1, 0.15) is 18.7 Å². The van der Waals surface area contributed by atoms with Crippen LogP contribution in [-0.2, 0) is 17.9 Å². The molecular weight excluding hydrogens is 411 g/mol. The number of carbonyl (C=O) groups is 1. The van der Waals surface area contributed by atoms with Crippen molar-refractivity contribution in [1.29, 1.82) is 0 Å². The number of halogens is 2. The number of ether oxygens (including phenoxy) is 1. The Labute approximate surface area is 182 Å². The minimum absolute atomic E-state index is 0. The van der Waals surface area contributed by atoms with E-state index < -0.39 is 0 Å². The van der Waals surface area contributed by atoms with E-state index in [1.54, 1.807) is 0 Å². The van der Waals surface area contributed by atoms with Crippen LogP contribution in [-0.4, -0.2) is 34.6 Å². The number of amides is 1. The second-order valence-electron chi connectivity index (χ2n) is 6.82. The summed E-state index contributed by atoms with van der Waals surface area (Å²) >= 11 is 0. The highest BCUT2D eigenvalue weighted by molar-refractivity contribution is 5.85. The Hall–Kier alpha value is -2.28. The lowest BCUT2D eigenvalue weighted by Gasteiger charge is -2.24. The SMILES string of the molecule is Cl.Cl.O=C(Cn1c(COc2ccccc2)nc2ccccc21)NC1CCCNC1. The summed E-state index contributed by atoms with van der Waals surface area (Å²) in [7, 11) is 0. The highest BCUT2D eigenvalue weighted by atomic mass is 35.5. The number of imidazole rings is 1. The van der Waals surface area contributed by atoms with Crippen molar-refractivity contribution in [2.75, 3.05) is 13.1 Å². The van der Waals surface area contributed by atoms with Gasteiger partial charge in [-0.25, -0.2) is 4.98 Å². The van der Waals surface area contributed by atoms with Crippen molar-refractivity contribution < 1.29 is 9.53 Å². The van der Waals surface area contributed by atoms with E-state index in [4.69, 9.17) is 4.74 Å². The zero-order valence-electron chi connectivity index (χ0n) is 16.0. The number of fused-ring (bicyclic) bond motifs is 1. The standard InChI is InChI=1S/C21H24N4O2.2ClH/c26-21(23-16-7-6-12-22-13-16)14-25-19-11-5-4-10-18(19)24-20(25)15-27-17-8-2-1-3-9-17;;/h1-5,8-11,16,22H,6-7,12-15H2,(H,23,26);2*1H. The molecule has 1 aliphatic heterocycles. The third-order valence-electron chi connectivity index (χ3n) is 4.81. The van der Waals surface area contributed by atoms with Crippen LogP contribution in [0.2, 0.25) is 0 Å². The topological polar surface area (TPSA) is 68.2 Å². The quantitative estimate of drug-likeness (QED) is 0.621. The third kappa shape index (κ3) is 5.85. The number of para-hydroxylation sites is 3. The number of nitrogens with one attached hydrogen (secondary N) is 2. The number of benzene rings is 2. The smallest absolute Gasteiger partial charge is 0.240 e. The van der Waals surface area contributed by atoms with Crippen LogP contribution >= 0.6 is 24.8 Å². The van der Waals surface area contributed by atoms with Crippen LogP contribution in [0.25, 0.3) is 11.0 Å². The second kappa shape index (κ2) is 11.0. The summed E-state index contributed by atoms with van der Waals surface area (Å²) in [6, 6.07) is 17.7. The molecule has 0 radical (unpaired) electrons. The number of hydrogen-bond donors (Lipinski definition) is 2. The molecule has 1 saturated heterocycles. The molecule has 0 aliphatic carbocycles. The molecule has 29 heavy (non-hydrogen) atoms. The first-order chi connectivity index (χ1) is 13.3. The first kappa shape index (κ1) is 23.0. The fourth-order valence-corrected chi connectivity index (χ4v) is 3.47. The molecule has 1 unspecified atom stereocenters. The monoisotopic (exact) mass is 436 g/mol. The van der Waals surface area contributed by atoms with Crippen molar-refractivity contribution in [2.24, 2.45) is 0 Å². The average Bonchev–Trinajstić information content (AvgIpc) is 3.05. The summed E-state index contributed by atoms with van der Waals surface area (Å²) in [5.41, 5.74) is 1.82. The number of carbonyl (C=O) groups excluding carboxylic acids is 1. The molecule has 4 rings (SSSR count). The molecule has 6 nitrogen and oxygen atoms in total. The lowest BCUT2D eigenvalue weighted by molar-refractivity contribution is -0.122. The third-order valence-corrected chi connectivity index (χ3v) is 4.81. The minimum atomic E-state index is 0. The van der Waals surface area contributed by atoms with Gasteiger partial charge < -0.3 is 19.9 Å². The van der Waals surface area contributed by atoms with Gasteiger partial charge in [0.2, 0.25) is 5.91 Å². The molecule has 0 spiro atoms. The van der Waals surface area contributed by atoms with Crippen LogP contribution in [0.3, 0.4) is 0 Å². The maximum atomic E-state index is 12.6. The van der Waals surface area contributed by atoms with Gasteiger partial charge in [-0.3, -0.25) is 4.79 Å². The Kier molecular flexibility index (Phi) is 8.76. The lowest BCUT2D eigenvalue weighted by Crippen LogP contribution is -2.46. The van der Waals surface area contributed by atoms with E-state index in [0.29, 0.717) is 6.61 Å². The molecule has 1 fully saturated rings. The molecule has 8 heteroatoms. The summed E-state index contributed by atoms with van der Waals surface area (Å²) in [6.07, 6.45) is 2.11. The molecule has 3 aromatic rings. The number of piperidine rings is 1. The van der Waals surface area contributed by atoms with Crippen molar-refractivity contribution in [3.05, 3.63) is 60.4 Å². The molecular formula is C21H26Cl2N4O2. The molecule has 2 heterocycles. The zero-order chi connectivity index (χ0) is 18.5. The van der Waals surface area contributed by atoms with Gasteiger partial charge in [0.05, 0.1) is 11.0 Å². The predicted octanol–water partition coefficient (Wildman–Crippen LogP) is 3.33. The largest absolute Gasteiger partial charge is 0.486 e. The van der Waals surface area contributed by atoms with Crippen molar-refractivity contribution in [2.45, 2.75) is 32.0 Å². The maximum Gasteiger partial charge on any atom is 0.240 e. The first-order valence-electron chi connectivity index (χ1n) is 9.41. The molecule has 0 saturated carbocycles. The highest BCUT2D eigenvalue weighted by Gasteiger charge is 2.18. The summed E-state index contributed by atoms with van der Waals surface area (Å²) < 4.78 is 7.82. The molecule has 0 bridgehead atoms. The first-order valence-corrected chi connectivity index (χ1v) is 9.41. The van der Waals surface area contributed by atoms with Crippen molar-refractivity contribution in [3.8, 4) is 5.75 Å². The van der Waals surface area contributed by atoms with Crippen LogP contribution in [0, 0.1) is 0 Å². The Bertz CT molecular complexity index is 911. The number of hydrogen-bond acceptors (Lipinski definition) is 4. The molecule has 2 aromatic carbocycles. The highest BCUT2D eigenvalue weighted by Crippen LogP contribution is 2.18. The number of aromatic nitrogens is 2. The maximum absolute atomic E-state index is 12.6. The average molecular weight is 437 g/mol. The molecule has 2 N–H and O–H groups in total. The van der Waals surface area contributed by atoms with E-state index in [2.05, 4.69) is 15.6 Å². The van der Waals surface area contributed by atoms with Gasteiger partial charge in [-0.15, -0.1) is 24.8 Å². The van der Waals surface area contributed by atoms with Gasteiger partial charge in [-0.05, 0) is 43.7 Å². The van der Waals surface area contributed by atoms with Crippen LogP contribution < -0.4 is 15.4 Å². The molecule has 1 aromatic heterocycles. The Morgan fingerprint density at radius 1 is 1.14 bits per heavy atom. The number of rotatable bonds is 6. The Morgan fingerprint density at radius 2 is 1.90 bits per heavy atom. The second-order valence-corrected chi connectivity index (χ2v) is 6.82. The molecule has 1 amide bonds. The summed E-state index contributed by atoms with van der Waals surface area (Å²) in [5.74, 6) is 1.54. The van der Waals surface area contributed by atoms with Gasteiger partial charge in [0.25, 0.3) is 0 Å². The Morgan fingerprint density at radius 3 is 2.66 bits per heavy atom. The Balaban J connectivity index is 0.00000150. The summed E-state index contributed by atoms with van der Waals surface area (Å²) in [6.45, 7) is 2.42. The summed E-state index contributed by atoms with van der Waals surface area (Å²) in [4.78, 5) is 17.3. The fourth-order valence-electron chi connectivity index (χ4n) is 3.47. The van der Waals surface area contributed by atoms with Gasteiger partial charge >= 0.3 is 0 Å². The molecule has 1 aliphatic rings. The fraction of sp³-hybridized carbons (Fsp3) is 0.333. The van der Waals surface area contributed by atoms with E-state index in [-0.39, 0.29) is 43.3 Å². The van der Waals surface area contributed by atoms with E-state index in [1.165, 1.54) is 0 Å². The van der Waals surface area contributed by atoms with Crippen molar-refractivity contribution in [3.63, 3.8) is 0 Å². The van der Waals surface area contributed by atoms with E-state index in [9.17, 15) is 4.79 Å².